The van der Waals surface area contributed by atoms with E-state index in [-0.39, 0.29) is 10.8 Å². The Balaban J connectivity index is 2.38. The minimum absolute atomic E-state index is 0.0646. The number of ether oxygens (including phenoxy) is 1. The predicted molar refractivity (Wildman–Crippen MR) is 80.3 cm³/mol. The van der Waals surface area contributed by atoms with Crippen LogP contribution in [0, 0.1) is 13.8 Å². The molecular formula is C14H18ClNO4S. The SMILES string of the molecule is Cc1cc(S(=O)(=O)Cl)cc(C(=O)NC2(C)CCOC2)c1C. The number of carbonyl (C=O) groups is 1. The number of amides is 1. The Hall–Kier alpha value is -1.11. The highest BCUT2D eigenvalue weighted by Crippen LogP contribution is 2.24. The van der Waals surface area contributed by atoms with E-state index in [4.69, 9.17) is 15.4 Å². The lowest BCUT2D eigenvalue weighted by atomic mass is 9.98. The molecule has 0 spiro atoms. The largest absolute Gasteiger partial charge is 0.379 e. The molecule has 1 aliphatic heterocycles. The van der Waals surface area contributed by atoms with Crippen molar-refractivity contribution < 1.29 is 17.9 Å². The highest BCUT2D eigenvalue weighted by molar-refractivity contribution is 8.13. The van der Waals surface area contributed by atoms with Crippen LogP contribution in [0.1, 0.15) is 34.8 Å². The van der Waals surface area contributed by atoms with Crippen LogP contribution in [0.5, 0.6) is 0 Å². The van der Waals surface area contributed by atoms with Crippen LogP contribution >= 0.6 is 10.7 Å². The van der Waals surface area contributed by atoms with Crippen LogP contribution in [-0.2, 0) is 13.8 Å². The van der Waals surface area contributed by atoms with Gasteiger partial charge in [0.1, 0.15) is 0 Å². The van der Waals surface area contributed by atoms with Gasteiger partial charge >= 0.3 is 0 Å². The summed E-state index contributed by atoms with van der Waals surface area (Å²) in [6, 6.07) is 2.79. The van der Waals surface area contributed by atoms with Crippen molar-refractivity contribution in [3.05, 3.63) is 28.8 Å². The van der Waals surface area contributed by atoms with E-state index >= 15 is 0 Å². The minimum Gasteiger partial charge on any atom is -0.379 e. The van der Waals surface area contributed by atoms with Crippen LogP contribution < -0.4 is 5.32 Å². The van der Waals surface area contributed by atoms with Gasteiger partial charge in [0.15, 0.2) is 0 Å². The molecule has 1 saturated heterocycles. The summed E-state index contributed by atoms with van der Waals surface area (Å²) in [6.07, 6.45) is 0.726. The normalized spacial score (nSPS) is 22.3. The van der Waals surface area contributed by atoms with E-state index in [2.05, 4.69) is 5.32 Å². The van der Waals surface area contributed by atoms with Crippen LogP contribution in [0.4, 0.5) is 0 Å². The Labute approximate surface area is 129 Å². The average molecular weight is 332 g/mol. The summed E-state index contributed by atoms with van der Waals surface area (Å²) in [5.74, 6) is -0.314. The van der Waals surface area contributed by atoms with Crippen molar-refractivity contribution in [1.29, 1.82) is 0 Å². The maximum absolute atomic E-state index is 12.5. The molecule has 0 radical (unpaired) electrons. The predicted octanol–water partition coefficient (Wildman–Crippen LogP) is 2.14. The van der Waals surface area contributed by atoms with Crippen molar-refractivity contribution in [2.24, 2.45) is 0 Å². The number of benzene rings is 1. The lowest BCUT2D eigenvalue weighted by molar-refractivity contribution is 0.0889. The molecule has 0 bridgehead atoms. The van der Waals surface area contributed by atoms with E-state index < -0.39 is 14.6 Å². The molecule has 0 saturated carbocycles. The fourth-order valence-corrected chi connectivity index (χ4v) is 3.15. The Morgan fingerprint density at radius 1 is 1.38 bits per heavy atom. The molecule has 21 heavy (non-hydrogen) atoms. The number of aryl methyl sites for hydroxylation is 1. The van der Waals surface area contributed by atoms with E-state index in [1.807, 2.05) is 6.92 Å². The summed E-state index contributed by atoms with van der Waals surface area (Å²) in [4.78, 5) is 12.4. The second kappa shape index (κ2) is 5.59. The maximum atomic E-state index is 12.5. The number of carbonyl (C=O) groups excluding carboxylic acids is 1. The fraction of sp³-hybridized carbons (Fsp3) is 0.500. The molecule has 1 aromatic carbocycles. The van der Waals surface area contributed by atoms with Gasteiger partial charge in [-0.2, -0.15) is 0 Å². The molecular weight excluding hydrogens is 314 g/mol. The standard InChI is InChI=1S/C14H18ClNO4S/c1-9-6-11(21(15,18)19)7-12(10(9)2)13(17)16-14(3)4-5-20-8-14/h6-7H,4-5,8H2,1-3H3,(H,16,17). The second-order valence-corrected chi connectivity index (χ2v) is 8.23. The molecule has 2 rings (SSSR count). The van der Waals surface area contributed by atoms with Crippen molar-refractivity contribution in [2.45, 2.75) is 37.6 Å². The number of nitrogens with one attached hydrogen (secondary N) is 1. The van der Waals surface area contributed by atoms with Crippen molar-refractivity contribution >= 4 is 25.6 Å². The van der Waals surface area contributed by atoms with Gasteiger partial charge in [-0.25, -0.2) is 8.42 Å². The molecule has 0 aliphatic carbocycles. The molecule has 1 N–H and O–H groups in total. The molecule has 1 aliphatic rings. The van der Waals surface area contributed by atoms with Crippen molar-refractivity contribution in [1.82, 2.24) is 5.32 Å². The van der Waals surface area contributed by atoms with Gasteiger partial charge in [-0.05, 0) is 50.5 Å². The lowest BCUT2D eigenvalue weighted by Crippen LogP contribution is -2.46. The van der Waals surface area contributed by atoms with E-state index in [1.54, 1.807) is 13.8 Å². The van der Waals surface area contributed by atoms with Crippen molar-refractivity contribution in [3.8, 4) is 0 Å². The zero-order valence-corrected chi connectivity index (χ0v) is 13.8. The average Bonchev–Trinajstić information content (AvgIpc) is 2.77. The Bertz CT molecular complexity index is 678. The first kappa shape index (κ1) is 16.3. The Morgan fingerprint density at radius 2 is 2.05 bits per heavy atom. The molecule has 5 nitrogen and oxygen atoms in total. The summed E-state index contributed by atoms with van der Waals surface area (Å²) >= 11 is 0. The van der Waals surface area contributed by atoms with Gasteiger partial charge in [-0.15, -0.1) is 0 Å². The second-order valence-electron chi connectivity index (χ2n) is 5.67. The topological polar surface area (TPSA) is 72.5 Å². The van der Waals surface area contributed by atoms with Gasteiger partial charge in [0.05, 0.1) is 17.0 Å². The van der Waals surface area contributed by atoms with E-state index in [0.29, 0.717) is 24.3 Å². The summed E-state index contributed by atoms with van der Waals surface area (Å²) in [7, 11) is 1.50. The van der Waals surface area contributed by atoms with Crippen LogP contribution in [0.25, 0.3) is 0 Å². The molecule has 0 aromatic heterocycles. The molecule has 1 unspecified atom stereocenters. The quantitative estimate of drug-likeness (QED) is 0.861. The number of hydrogen-bond donors (Lipinski definition) is 1. The molecule has 1 heterocycles. The summed E-state index contributed by atoms with van der Waals surface area (Å²) in [5, 5.41) is 2.92. The van der Waals surface area contributed by atoms with Crippen LogP contribution in [-0.4, -0.2) is 33.1 Å². The van der Waals surface area contributed by atoms with Gasteiger partial charge in [-0.3, -0.25) is 4.79 Å². The molecule has 1 fully saturated rings. The number of halogens is 1. The molecule has 1 aromatic rings. The zero-order chi connectivity index (χ0) is 15.8. The summed E-state index contributed by atoms with van der Waals surface area (Å²) < 4.78 is 28.3. The van der Waals surface area contributed by atoms with Gasteiger partial charge in [0.25, 0.3) is 15.0 Å². The Morgan fingerprint density at radius 3 is 2.57 bits per heavy atom. The van der Waals surface area contributed by atoms with Crippen LogP contribution in [0.2, 0.25) is 0 Å². The number of rotatable bonds is 3. The summed E-state index contributed by atoms with van der Waals surface area (Å²) in [5.41, 5.74) is 1.34. The van der Waals surface area contributed by atoms with Gasteiger partial charge in [-0.1, -0.05) is 0 Å². The number of hydrogen-bond acceptors (Lipinski definition) is 4. The van der Waals surface area contributed by atoms with Crippen molar-refractivity contribution in [3.63, 3.8) is 0 Å². The molecule has 1 amide bonds. The zero-order valence-electron chi connectivity index (χ0n) is 12.2. The van der Waals surface area contributed by atoms with Crippen molar-refractivity contribution in [2.75, 3.05) is 13.2 Å². The maximum Gasteiger partial charge on any atom is 0.261 e. The first-order chi connectivity index (χ1) is 9.62. The minimum atomic E-state index is -3.87. The van der Waals surface area contributed by atoms with Gasteiger partial charge < -0.3 is 10.1 Å². The molecule has 1 atom stereocenters. The first-order valence-corrected chi connectivity index (χ1v) is 8.89. The van der Waals surface area contributed by atoms with E-state index in [0.717, 1.165) is 12.0 Å². The first-order valence-electron chi connectivity index (χ1n) is 6.59. The van der Waals surface area contributed by atoms with Crippen LogP contribution in [0.15, 0.2) is 17.0 Å². The van der Waals surface area contributed by atoms with Gasteiger partial charge in [0.2, 0.25) is 0 Å². The highest BCUT2D eigenvalue weighted by Gasteiger charge is 2.32. The third-order valence-corrected chi connectivity index (χ3v) is 5.13. The molecule has 116 valence electrons. The third-order valence-electron chi connectivity index (χ3n) is 3.80. The third kappa shape index (κ3) is 3.56. The van der Waals surface area contributed by atoms with Crippen LogP contribution in [0.3, 0.4) is 0 Å². The molecule has 7 heteroatoms. The monoisotopic (exact) mass is 331 g/mol. The van der Waals surface area contributed by atoms with Gasteiger partial charge in [0, 0.05) is 22.9 Å². The summed E-state index contributed by atoms with van der Waals surface area (Å²) in [6.45, 7) is 6.48. The lowest BCUT2D eigenvalue weighted by Gasteiger charge is -2.24. The highest BCUT2D eigenvalue weighted by atomic mass is 35.7. The van der Waals surface area contributed by atoms with E-state index in [1.165, 1.54) is 12.1 Å². The fourth-order valence-electron chi connectivity index (χ4n) is 2.31. The Kier molecular flexibility index (Phi) is 4.33. The smallest absolute Gasteiger partial charge is 0.261 e. The van der Waals surface area contributed by atoms with E-state index in [9.17, 15) is 13.2 Å².